The number of fused-ring (bicyclic) bond motifs is 1. The second-order valence-corrected chi connectivity index (χ2v) is 5.82. The number of benzene rings is 1. The fourth-order valence-electron chi connectivity index (χ4n) is 3.17. The van der Waals surface area contributed by atoms with Crippen LogP contribution in [0.3, 0.4) is 0 Å². The molecule has 0 N–H and O–H groups in total. The Labute approximate surface area is 136 Å². The maximum Gasteiger partial charge on any atom is 0.157 e. The van der Waals surface area contributed by atoms with Gasteiger partial charge in [-0.25, -0.2) is 0 Å². The van der Waals surface area contributed by atoms with Crippen molar-refractivity contribution in [3.05, 3.63) is 29.5 Å². The van der Waals surface area contributed by atoms with E-state index in [0.717, 1.165) is 54.5 Å². The summed E-state index contributed by atoms with van der Waals surface area (Å²) < 4.78 is 18.8. The van der Waals surface area contributed by atoms with Gasteiger partial charge in [-0.1, -0.05) is 0 Å². The Kier molecular flexibility index (Phi) is 4.98. The van der Waals surface area contributed by atoms with Gasteiger partial charge in [-0.05, 0) is 44.4 Å². The van der Waals surface area contributed by atoms with E-state index in [0.29, 0.717) is 18.7 Å². The second-order valence-electron chi connectivity index (χ2n) is 5.82. The van der Waals surface area contributed by atoms with E-state index in [2.05, 4.69) is 4.57 Å². The number of hydrogen-bond acceptors (Lipinski definition) is 4. The van der Waals surface area contributed by atoms with Crippen molar-refractivity contribution in [1.82, 2.24) is 4.57 Å². The third-order valence-corrected chi connectivity index (χ3v) is 4.45. The van der Waals surface area contributed by atoms with Crippen molar-refractivity contribution in [1.29, 1.82) is 0 Å². The van der Waals surface area contributed by atoms with E-state index in [4.69, 9.17) is 14.2 Å². The van der Waals surface area contributed by atoms with Crippen LogP contribution in [-0.2, 0) is 16.0 Å². The van der Waals surface area contributed by atoms with Gasteiger partial charge in [0.15, 0.2) is 12.6 Å². The summed E-state index contributed by atoms with van der Waals surface area (Å²) in [5.74, 6) is 0.754. The van der Waals surface area contributed by atoms with Crippen LogP contribution in [0.25, 0.3) is 10.9 Å². The van der Waals surface area contributed by atoms with Crippen molar-refractivity contribution in [3.8, 4) is 5.75 Å². The number of carbonyl (C=O) groups is 1. The molecular formula is C18H23NO4. The Morgan fingerprint density at radius 2 is 2.26 bits per heavy atom. The highest BCUT2D eigenvalue weighted by Gasteiger charge is 2.16. The summed E-state index contributed by atoms with van der Waals surface area (Å²) >= 11 is 0. The molecule has 0 amide bonds. The van der Waals surface area contributed by atoms with Crippen LogP contribution in [0.1, 0.15) is 35.3 Å². The first-order valence-corrected chi connectivity index (χ1v) is 8.10. The van der Waals surface area contributed by atoms with Gasteiger partial charge in [-0.2, -0.15) is 0 Å². The Bertz CT molecular complexity index is 686. The van der Waals surface area contributed by atoms with E-state index in [1.54, 1.807) is 7.11 Å². The first-order valence-electron chi connectivity index (χ1n) is 8.10. The van der Waals surface area contributed by atoms with Crippen molar-refractivity contribution in [2.24, 2.45) is 0 Å². The molecule has 5 nitrogen and oxygen atoms in total. The summed E-state index contributed by atoms with van der Waals surface area (Å²) in [5, 5.41) is 0.922. The molecule has 0 radical (unpaired) electrons. The molecule has 124 valence electrons. The van der Waals surface area contributed by atoms with Gasteiger partial charge in [0, 0.05) is 35.3 Å². The molecule has 3 rings (SSSR count). The van der Waals surface area contributed by atoms with E-state index in [9.17, 15) is 4.79 Å². The van der Waals surface area contributed by atoms with Crippen LogP contribution in [0.2, 0.25) is 0 Å². The van der Waals surface area contributed by atoms with Crippen molar-refractivity contribution in [2.75, 3.05) is 20.3 Å². The zero-order chi connectivity index (χ0) is 16.2. The predicted molar refractivity (Wildman–Crippen MR) is 88.2 cm³/mol. The number of rotatable bonds is 6. The molecule has 1 unspecified atom stereocenters. The second kappa shape index (κ2) is 7.15. The summed E-state index contributed by atoms with van der Waals surface area (Å²) in [7, 11) is 1.63. The van der Waals surface area contributed by atoms with Crippen LogP contribution in [0.15, 0.2) is 18.2 Å². The third-order valence-electron chi connectivity index (χ3n) is 4.45. The minimum Gasteiger partial charge on any atom is -0.497 e. The van der Waals surface area contributed by atoms with Crippen molar-refractivity contribution in [2.45, 2.75) is 39.0 Å². The fourth-order valence-corrected chi connectivity index (χ4v) is 3.17. The topological polar surface area (TPSA) is 49.7 Å². The smallest absolute Gasteiger partial charge is 0.157 e. The number of methoxy groups -OCH3 is 1. The summed E-state index contributed by atoms with van der Waals surface area (Å²) in [6, 6.07) is 5.82. The number of carbonyl (C=O) groups excluding carboxylic acids is 1. The maximum atomic E-state index is 11.5. The molecule has 2 aromatic rings. The first kappa shape index (κ1) is 16.0. The van der Waals surface area contributed by atoms with E-state index in [1.165, 1.54) is 0 Å². The Morgan fingerprint density at radius 3 is 2.96 bits per heavy atom. The minimum atomic E-state index is -0.0866. The predicted octanol–water partition coefficient (Wildman–Crippen LogP) is 3.31. The Hall–Kier alpha value is -1.85. The van der Waals surface area contributed by atoms with Gasteiger partial charge in [0.05, 0.1) is 13.7 Å². The van der Waals surface area contributed by atoms with E-state index < -0.39 is 0 Å². The summed E-state index contributed by atoms with van der Waals surface area (Å²) in [6.45, 7) is 4.01. The highest BCUT2D eigenvalue weighted by atomic mass is 16.7. The molecular weight excluding hydrogens is 294 g/mol. The lowest BCUT2D eigenvalue weighted by atomic mass is 10.1. The molecule has 0 aliphatic carbocycles. The van der Waals surface area contributed by atoms with Gasteiger partial charge in [-0.15, -0.1) is 0 Å². The van der Waals surface area contributed by atoms with Gasteiger partial charge < -0.3 is 18.8 Å². The molecule has 1 aliphatic rings. The molecule has 1 aromatic heterocycles. The maximum absolute atomic E-state index is 11.5. The molecule has 1 fully saturated rings. The van der Waals surface area contributed by atoms with Gasteiger partial charge in [-0.3, -0.25) is 4.79 Å². The van der Waals surface area contributed by atoms with Crippen LogP contribution in [0, 0.1) is 6.92 Å². The molecule has 1 aliphatic heterocycles. The average Bonchev–Trinajstić information content (AvgIpc) is 2.86. The van der Waals surface area contributed by atoms with E-state index in [1.807, 2.05) is 25.1 Å². The number of ether oxygens (including phenoxy) is 3. The summed E-state index contributed by atoms with van der Waals surface area (Å²) in [4.78, 5) is 11.5. The van der Waals surface area contributed by atoms with Crippen LogP contribution in [0.4, 0.5) is 0 Å². The molecule has 0 saturated carbocycles. The van der Waals surface area contributed by atoms with Crippen LogP contribution >= 0.6 is 0 Å². The van der Waals surface area contributed by atoms with Gasteiger partial charge in [0.25, 0.3) is 0 Å². The molecule has 2 heterocycles. The molecule has 0 bridgehead atoms. The molecule has 5 heteroatoms. The highest BCUT2D eigenvalue weighted by Crippen LogP contribution is 2.28. The zero-order valence-corrected chi connectivity index (χ0v) is 13.7. The SMILES string of the molecule is COc1ccc2c(c1)c(C=O)c(C)n2CCOC1CCCCO1. The lowest BCUT2D eigenvalue weighted by Gasteiger charge is -2.23. The van der Waals surface area contributed by atoms with Crippen molar-refractivity contribution in [3.63, 3.8) is 0 Å². The molecule has 1 atom stereocenters. The van der Waals surface area contributed by atoms with E-state index in [-0.39, 0.29) is 6.29 Å². The molecule has 1 saturated heterocycles. The summed E-state index contributed by atoms with van der Waals surface area (Å²) in [5.41, 5.74) is 2.70. The summed E-state index contributed by atoms with van der Waals surface area (Å²) in [6.07, 6.45) is 4.06. The lowest BCUT2D eigenvalue weighted by Crippen LogP contribution is -2.24. The molecule has 1 aromatic carbocycles. The average molecular weight is 317 g/mol. The highest BCUT2D eigenvalue weighted by molar-refractivity contribution is 6.00. The number of hydrogen-bond donors (Lipinski definition) is 0. The van der Waals surface area contributed by atoms with Crippen LogP contribution in [-0.4, -0.2) is 37.5 Å². The van der Waals surface area contributed by atoms with Gasteiger partial charge in [0.1, 0.15) is 5.75 Å². The monoisotopic (exact) mass is 317 g/mol. The number of aromatic nitrogens is 1. The minimum absolute atomic E-state index is 0.0866. The van der Waals surface area contributed by atoms with Gasteiger partial charge >= 0.3 is 0 Å². The molecule has 0 spiro atoms. The molecule has 23 heavy (non-hydrogen) atoms. The van der Waals surface area contributed by atoms with Crippen molar-refractivity contribution >= 4 is 17.2 Å². The Balaban J connectivity index is 1.79. The number of aldehydes is 1. The fraction of sp³-hybridized carbons (Fsp3) is 0.500. The Morgan fingerprint density at radius 1 is 1.39 bits per heavy atom. The largest absolute Gasteiger partial charge is 0.497 e. The van der Waals surface area contributed by atoms with Crippen LogP contribution < -0.4 is 4.74 Å². The first-order chi connectivity index (χ1) is 11.2. The quantitative estimate of drug-likeness (QED) is 0.767. The van der Waals surface area contributed by atoms with Crippen LogP contribution in [0.5, 0.6) is 5.75 Å². The third kappa shape index (κ3) is 3.26. The zero-order valence-electron chi connectivity index (χ0n) is 13.7. The standard InChI is InChI=1S/C18H23NO4/c1-13-16(12-20)15-11-14(21-2)6-7-17(15)19(13)8-10-23-18-5-3-4-9-22-18/h6-7,11-12,18H,3-5,8-10H2,1-2H3. The number of nitrogens with zero attached hydrogens (tertiary/aromatic N) is 1. The lowest BCUT2D eigenvalue weighted by molar-refractivity contribution is -0.163. The van der Waals surface area contributed by atoms with Gasteiger partial charge in [0.2, 0.25) is 0 Å². The normalized spacial score (nSPS) is 18.3. The van der Waals surface area contributed by atoms with Crippen molar-refractivity contribution < 1.29 is 19.0 Å². The van der Waals surface area contributed by atoms with E-state index >= 15 is 0 Å².